The fourth-order valence-electron chi connectivity index (χ4n) is 3.24. The molecule has 0 bridgehead atoms. The number of anilines is 2. The molecule has 2 N–H and O–H groups in total. The molecule has 0 fully saturated rings. The van der Waals surface area contributed by atoms with Gasteiger partial charge in [-0.3, -0.25) is 13.9 Å². The highest BCUT2D eigenvalue weighted by Gasteiger charge is 2.22. The van der Waals surface area contributed by atoms with Crippen LogP contribution in [0.2, 0.25) is 0 Å². The van der Waals surface area contributed by atoms with Crippen LogP contribution in [0.1, 0.15) is 5.56 Å². The summed E-state index contributed by atoms with van der Waals surface area (Å²) in [6.07, 6.45) is 2.39. The van der Waals surface area contributed by atoms with E-state index in [0.717, 1.165) is 10.6 Å². The Bertz CT molecular complexity index is 1380. The van der Waals surface area contributed by atoms with Crippen LogP contribution in [-0.2, 0) is 19.6 Å². The molecule has 0 atom stereocenters. The highest BCUT2D eigenvalue weighted by Crippen LogP contribution is 2.32. The first-order valence-corrected chi connectivity index (χ1v) is 13.1. The molecule has 2 amide bonds. The van der Waals surface area contributed by atoms with Crippen LogP contribution >= 0.6 is 0 Å². The van der Waals surface area contributed by atoms with E-state index < -0.39 is 22.5 Å². The molecule has 0 heterocycles. The van der Waals surface area contributed by atoms with Crippen LogP contribution in [0, 0.1) is 0 Å². The molecule has 0 aromatic heterocycles. The summed E-state index contributed by atoms with van der Waals surface area (Å²) in [5, 5.41) is 6.61. The van der Waals surface area contributed by atoms with Gasteiger partial charge in [0.05, 0.1) is 32.4 Å². The van der Waals surface area contributed by atoms with Crippen molar-refractivity contribution < 1.29 is 32.2 Å². The number of ether oxygens (including phenoxy) is 3. The average Bonchev–Trinajstić information content (AvgIpc) is 2.91. The number of carbonyl (C=O) groups is 2. The predicted molar refractivity (Wildman–Crippen MR) is 144 cm³/mol. The van der Waals surface area contributed by atoms with Crippen LogP contribution in [0.4, 0.5) is 11.4 Å². The second-order valence-corrected chi connectivity index (χ2v) is 9.78. The third-order valence-electron chi connectivity index (χ3n) is 5.05. The molecule has 0 radical (unpaired) electrons. The maximum absolute atomic E-state index is 12.4. The van der Waals surface area contributed by atoms with Crippen molar-refractivity contribution in [2.75, 3.05) is 43.2 Å². The number of rotatable bonds is 12. The summed E-state index contributed by atoms with van der Waals surface area (Å²) in [5.41, 5.74) is 3.87. The molecule has 200 valence electrons. The molecule has 11 nitrogen and oxygen atoms in total. The Morgan fingerprint density at radius 3 is 2.24 bits per heavy atom. The molecule has 38 heavy (non-hydrogen) atoms. The van der Waals surface area contributed by atoms with E-state index in [4.69, 9.17) is 14.2 Å². The lowest BCUT2D eigenvalue weighted by Gasteiger charge is -2.22. The lowest BCUT2D eigenvalue weighted by atomic mass is 10.2. The maximum atomic E-state index is 12.4. The molecular weight excluding hydrogens is 512 g/mol. The molecule has 0 aliphatic carbocycles. The summed E-state index contributed by atoms with van der Waals surface area (Å²) in [4.78, 5) is 24.4. The number of hydrogen-bond donors (Lipinski definition) is 2. The Kier molecular flexibility index (Phi) is 9.66. The van der Waals surface area contributed by atoms with Crippen molar-refractivity contribution in [1.82, 2.24) is 5.43 Å². The molecule has 0 saturated heterocycles. The van der Waals surface area contributed by atoms with E-state index in [0.29, 0.717) is 28.5 Å². The van der Waals surface area contributed by atoms with Gasteiger partial charge in [-0.25, -0.2) is 13.8 Å². The van der Waals surface area contributed by atoms with Crippen molar-refractivity contribution >= 4 is 39.4 Å². The largest absolute Gasteiger partial charge is 0.493 e. The number of carbonyl (C=O) groups excluding carboxylic acids is 2. The number of sulfonamides is 1. The summed E-state index contributed by atoms with van der Waals surface area (Å²) in [5.74, 6) is 0.284. The molecular formula is C26H28N4O7S. The Balaban J connectivity index is 1.53. The summed E-state index contributed by atoms with van der Waals surface area (Å²) in [6.45, 7) is -0.654. The van der Waals surface area contributed by atoms with E-state index in [-0.39, 0.29) is 18.2 Å². The summed E-state index contributed by atoms with van der Waals surface area (Å²) in [6, 6.07) is 20.2. The van der Waals surface area contributed by atoms with Gasteiger partial charge in [-0.15, -0.1) is 0 Å². The van der Waals surface area contributed by atoms with Crippen LogP contribution in [0.5, 0.6) is 17.2 Å². The lowest BCUT2D eigenvalue weighted by Crippen LogP contribution is -2.39. The number of methoxy groups -OCH3 is 2. The zero-order valence-corrected chi connectivity index (χ0v) is 21.9. The van der Waals surface area contributed by atoms with Gasteiger partial charge in [0.25, 0.3) is 11.8 Å². The first-order chi connectivity index (χ1) is 18.2. The second-order valence-electron chi connectivity index (χ2n) is 7.87. The van der Waals surface area contributed by atoms with Crippen molar-refractivity contribution in [3.05, 3.63) is 78.4 Å². The molecule has 0 aliphatic heterocycles. The number of benzene rings is 3. The van der Waals surface area contributed by atoms with Gasteiger partial charge in [0.15, 0.2) is 18.1 Å². The molecule has 0 unspecified atom stereocenters. The molecule has 0 spiro atoms. The van der Waals surface area contributed by atoms with Crippen LogP contribution in [0.15, 0.2) is 77.9 Å². The molecule has 12 heteroatoms. The van der Waals surface area contributed by atoms with Crippen LogP contribution in [0.25, 0.3) is 0 Å². The van der Waals surface area contributed by atoms with Crippen molar-refractivity contribution in [3.63, 3.8) is 0 Å². The van der Waals surface area contributed by atoms with Gasteiger partial charge in [0.2, 0.25) is 10.0 Å². The molecule has 0 aliphatic rings. The summed E-state index contributed by atoms with van der Waals surface area (Å²) < 4.78 is 41.5. The van der Waals surface area contributed by atoms with Crippen molar-refractivity contribution in [3.8, 4) is 17.2 Å². The molecule has 0 saturated carbocycles. The zero-order valence-electron chi connectivity index (χ0n) is 21.1. The number of para-hydroxylation sites is 1. The van der Waals surface area contributed by atoms with Gasteiger partial charge in [-0.2, -0.15) is 5.10 Å². The molecule has 3 aromatic carbocycles. The number of hydrazone groups is 1. The number of amides is 2. The molecule has 3 rings (SSSR count). The van der Waals surface area contributed by atoms with Crippen molar-refractivity contribution in [2.45, 2.75) is 0 Å². The maximum Gasteiger partial charge on any atom is 0.262 e. The fraction of sp³-hybridized carbons (Fsp3) is 0.192. The van der Waals surface area contributed by atoms with E-state index in [1.807, 2.05) is 18.2 Å². The van der Waals surface area contributed by atoms with Crippen LogP contribution in [0.3, 0.4) is 0 Å². The number of nitrogens with zero attached hydrogens (tertiary/aromatic N) is 2. The highest BCUT2D eigenvalue weighted by molar-refractivity contribution is 7.92. The SMILES string of the molecule is COc1ccc(N(CC(=O)N/N=C\c2ccc(OCC(=O)Nc3ccccc3)cc2)S(C)(=O)=O)cc1OC. The quantitative estimate of drug-likeness (QED) is 0.266. The van der Waals surface area contributed by atoms with E-state index in [9.17, 15) is 18.0 Å². The minimum Gasteiger partial charge on any atom is -0.493 e. The Morgan fingerprint density at radius 1 is 0.921 bits per heavy atom. The predicted octanol–water partition coefficient (Wildman–Crippen LogP) is 2.64. The van der Waals surface area contributed by atoms with Crippen molar-refractivity contribution in [2.24, 2.45) is 5.10 Å². The monoisotopic (exact) mass is 540 g/mol. The third-order valence-corrected chi connectivity index (χ3v) is 6.19. The van der Waals surface area contributed by atoms with Gasteiger partial charge in [0.1, 0.15) is 12.3 Å². The Labute approximate surface area is 221 Å². The van der Waals surface area contributed by atoms with E-state index in [1.165, 1.54) is 32.6 Å². The van der Waals surface area contributed by atoms with Crippen molar-refractivity contribution in [1.29, 1.82) is 0 Å². The smallest absolute Gasteiger partial charge is 0.262 e. The normalized spacial score (nSPS) is 11.0. The fourth-order valence-corrected chi connectivity index (χ4v) is 4.09. The van der Waals surface area contributed by atoms with Crippen LogP contribution < -0.4 is 29.3 Å². The van der Waals surface area contributed by atoms with Gasteiger partial charge >= 0.3 is 0 Å². The van der Waals surface area contributed by atoms with Gasteiger partial charge in [0, 0.05) is 11.8 Å². The molecule has 3 aromatic rings. The van der Waals surface area contributed by atoms with Gasteiger partial charge < -0.3 is 19.5 Å². The lowest BCUT2D eigenvalue weighted by molar-refractivity contribution is -0.119. The summed E-state index contributed by atoms with van der Waals surface area (Å²) >= 11 is 0. The standard InChI is InChI=1S/C26H28N4O7S/c1-35-23-14-11-21(15-24(23)36-2)30(38(3,33)34)17-25(31)29-27-16-19-9-12-22(13-10-19)37-18-26(32)28-20-7-5-4-6-8-20/h4-16H,17-18H2,1-3H3,(H,28,32)(H,29,31)/b27-16-. The highest BCUT2D eigenvalue weighted by atomic mass is 32.2. The topological polar surface area (TPSA) is 136 Å². The van der Waals surface area contributed by atoms with Gasteiger partial charge in [-0.1, -0.05) is 18.2 Å². The number of hydrogen-bond acceptors (Lipinski definition) is 8. The van der Waals surface area contributed by atoms with Gasteiger partial charge in [-0.05, 0) is 54.1 Å². The first-order valence-electron chi connectivity index (χ1n) is 11.3. The minimum absolute atomic E-state index is 0.157. The minimum atomic E-state index is -3.79. The summed E-state index contributed by atoms with van der Waals surface area (Å²) in [7, 11) is -0.899. The van der Waals surface area contributed by atoms with Crippen LogP contribution in [-0.4, -0.2) is 60.1 Å². The Morgan fingerprint density at radius 2 is 1.61 bits per heavy atom. The second kappa shape index (κ2) is 13.1. The number of nitrogens with one attached hydrogen (secondary N) is 2. The first kappa shape index (κ1) is 28.0. The Hall–Kier alpha value is -4.58. The van der Waals surface area contributed by atoms with E-state index in [1.54, 1.807) is 42.5 Å². The van der Waals surface area contributed by atoms with E-state index in [2.05, 4.69) is 15.8 Å². The third kappa shape index (κ3) is 8.23. The van der Waals surface area contributed by atoms with E-state index >= 15 is 0 Å². The average molecular weight is 541 g/mol. The zero-order chi connectivity index (χ0) is 27.5.